The number of amides is 1. The Bertz CT molecular complexity index is 621. The smallest absolute Gasteiger partial charge is 0.228 e. The van der Waals surface area contributed by atoms with Crippen molar-refractivity contribution >= 4 is 23.2 Å². The molecule has 0 aliphatic heterocycles. The summed E-state index contributed by atoms with van der Waals surface area (Å²) in [7, 11) is 0. The maximum atomic E-state index is 12.0. The maximum absolute atomic E-state index is 12.0. The lowest BCUT2D eigenvalue weighted by atomic mass is 10.1. The van der Waals surface area contributed by atoms with Gasteiger partial charge in [-0.1, -0.05) is 37.6 Å². The van der Waals surface area contributed by atoms with Crippen LogP contribution in [0.5, 0.6) is 5.75 Å². The summed E-state index contributed by atoms with van der Waals surface area (Å²) in [5.41, 5.74) is 1.70. The fourth-order valence-corrected chi connectivity index (χ4v) is 2.17. The molecule has 0 spiro atoms. The molecule has 23 heavy (non-hydrogen) atoms. The highest BCUT2D eigenvalue weighted by atomic mass is 35.5. The van der Waals surface area contributed by atoms with Gasteiger partial charge in [0.2, 0.25) is 5.91 Å². The number of rotatable bonds is 7. The van der Waals surface area contributed by atoms with Crippen molar-refractivity contribution in [3.8, 4) is 5.75 Å². The molecule has 2 rings (SSSR count). The van der Waals surface area contributed by atoms with E-state index in [9.17, 15) is 4.79 Å². The van der Waals surface area contributed by atoms with Gasteiger partial charge in [0.05, 0.1) is 13.0 Å². The van der Waals surface area contributed by atoms with Crippen LogP contribution in [-0.4, -0.2) is 12.5 Å². The Kier molecular flexibility index (Phi) is 6.48. The summed E-state index contributed by atoms with van der Waals surface area (Å²) in [6, 6.07) is 14.7. The number of hydrogen-bond donors (Lipinski definition) is 1. The molecule has 0 saturated carbocycles. The summed E-state index contributed by atoms with van der Waals surface area (Å²) in [6.45, 7) is 5.05. The van der Waals surface area contributed by atoms with Crippen LogP contribution in [0.25, 0.3) is 0 Å². The van der Waals surface area contributed by atoms with Crippen LogP contribution in [0.2, 0.25) is 5.02 Å². The molecule has 122 valence electrons. The number of carbonyl (C=O) groups excluding carboxylic acids is 1. The standard InChI is InChI=1S/C19H22ClNO2/c1-14(2)11-12-23-18-9-7-17(8-10-18)21-19(22)13-15-3-5-16(20)6-4-15/h3-10,14H,11-13H2,1-2H3,(H,21,22). The van der Waals surface area contributed by atoms with Crippen LogP contribution in [-0.2, 0) is 11.2 Å². The van der Waals surface area contributed by atoms with Crippen molar-refractivity contribution in [2.24, 2.45) is 5.92 Å². The Morgan fingerprint density at radius 2 is 1.74 bits per heavy atom. The van der Waals surface area contributed by atoms with E-state index < -0.39 is 0 Å². The number of halogens is 1. The van der Waals surface area contributed by atoms with Crippen LogP contribution >= 0.6 is 11.6 Å². The molecule has 0 bridgehead atoms. The average molecular weight is 332 g/mol. The van der Waals surface area contributed by atoms with Gasteiger partial charge < -0.3 is 10.1 Å². The van der Waals surface area contributed by atoms with Gasteiger partial charge in [-0.2, -0.15) is 0 Å². The van der Waals surface area contributed by atoms with Gasteiger partial charge in [0.1, 0.15) is 5.75 Å². The van der Waals surface area contributed by atoms with E-state index >= 15 is 0 Å². The quantitative estimate of drug-likeness (QED) is 0.779. The largest absolute Gasteiger partial charge is 0.494 e. The van der Waals surface area contributed by atoms with E-state index in [2.05, 4.69) is 19.2 Å². The molecule has 0 radical (unpaired) electrons. The van der Waals surface area contributed by atoms with E-state index in [4.69, 9.17) is 16.3 Å². The molecule has 0 aliphatic rings. The number of carbonyl (C=O) groups is 1. The second-order valence-electron chi connectivity index (χ2n) is 5.91. The van der Waals surface area contributed by atoms with Crippen molar-refractivity contribution in [2.45, 2.75) is 26.7 Å². The van der Waals surface area contributed by atoms with Gasteiger partial charge in [-0.15, -0.1) is 0 Å². The molecule has 1 amide bonds. The Hall–Kier alpha value is -2.00. The minimum absolute atomic E-state index is 0.0548. The van der Waals surface area contributed by atoms with Crippen molar-refractivity contribution < 1.29 is 9.53 Å². The first-order valence-corrected chi connectivity index (χ1v) is 8.18. The predicted molar refractivity (Wildman–Crippen MR) is 95.2 cm³/mol. The maximum Gasteiger partial charge on any atom is 0.228 e. The molecule has 2 aromatic rings. The SMILES string of the molecule is CC(C)CCOc1ccc(NC(=O)Cc2ccc(Cl)cc2)cc1. The fourth-order valence-electron chi connectivity index (χ4n) is 2.04. The first kappa shape index (κ1) is 17.4. The third-order valence-corrected chi connectivity index (χ3v) is 3.63. The van der Waals surface area contributed by atoms with Crippen molar-refractivity contribution in [3.05, 3.63) is 59.1 Å². The monoisotopic (exact) mass is 331 g/mol. The van der Waals surface area contributed by atoms with Crippen LogP contribution in [0.3, 0.4) is 0 Å². The van der Waals surface area contributed by atoms with Crippen LogP contribution < -0.4 is 10.1 Å². The summed E-state index contributed by atoms with van der Waals surface area (Å²) < 4.78 is 5.66. The van der Waals surface area contributed by atoms with Crippen molar-refractivity contribution in [1.82, 2.24) is 0 Å². The van der Waals surface area contributed by atoms with E-state index in [1.165, 1.54) is 0 Å². The summed E-state index contributed by atoms with van der Waals surface area (Å²) >= 11 is 5.83. The van der Waals surface area contributed by atoms with E-state index in [0.717, 1.165) is 23.4 Å². The van der Waals surface area contributed by atoms with Crippen LogP contribution in [0, 0.1) is 5.92 Å². The van der Waals surface area contributed by atoms with E-state index in [0.29, 0.717) is 24.0 Å². The van der Waals surface area contributed by atoms with Gasteiger partial charge in [-0.05, 0) is 54.3 Å². The Labute approximate surface area is 142 Å². The first-order valence-electron chi connectivity index (χ1n) is 7.80. The summed E-state index contributed by atoms with van der Waals surface area (Å²) in [5, 5.41) is 3.55. The lowest BCUT2D eigenvalue weighted by molar-refractivity contribution is -0.115. The molecule has 3 nitrogen and oxygen atoms in total. The Balaban J connectivity index is 1.82. The van der Waals surface area contributed by atoms with Gasteiger partial charge >= 0.3 is 0 Å². The topological polar surface area (TPSA) is 38.3 Å². The van der Waals surface area contributed by atoms with Gasteiger partial charge in [-0.25, -0.2) is 0 Å². The number of anilines is 1. The minimum atomic E-state index is -0.0548. The van der Waals surface area contributed by atoms with Crippen LogP contribution in [0.4, 0.5) is 5.69 Å². The molecular weight excluding hydrogens is 310 g/mol. The zero-order valence-corrected chi connectivity index (χ0v) is 14.3. The van der Waals surface area contributed by atoms with Gasteiger partial charge in [-0.3, -0.25) is 4.79 Å². The summed E-state index contributed by atoms with van der Waals surface area (Å²) in [4.78, 5) is 12.0. The van der Waals surface area contributed by atoms with Crippen molar-refractivity contribution in [1.29, 1.82) is 0 Å². The zero-order chi connectivity index (χ0) is 16.7. The van der Waals surface area contributed by atoms with Crippen molar-refractivity contribution in [3.63, 3.8) is 0 Å². The second kappa shape index (κ2) is 8.59. The molecule has 1 N–H and O–H groups in total. The van der Waals surface area contributed by atoms with Crippen molar-refractivity contribution in [2.75, 3.05) is 11.9 Å². The highest BCUT2D eigenvalue weighted by Crippen LogP contribution is 2.17. The first-order chi connectivity index (χ1) is 11.0. The normalized spacial score (nSPS) is 10.6. The van der Waals surface area contributed by atoms with Crippen LogP contribution in [0.15, 0.2) is 48.5 Å². The minimum Gasteiger partial charge on any atom is -0.494 e. The molecule has 0 saturated heterocycles. The fraction of sp³-hybridized carbons (Fsp3) is 0.316. The number of ether oxygens (including phenoxy) is 1. The molecule has 4 heteroatoms. The Morgan fingerprint density at radius 3 is 2.35 bits per heavy atom. The van der Waals surface area contributed by atoms with Gasteiger partial charge in [0.25, 0.3) is 0 Å². The molecule has 0 heterocycles. The number of nitrogens with one attached hydrogen (secondary N) is 1. The summed E-state index contributed by atoms with van der Waals surface area (Å²) in [5.74, 6) is 1.39. The van der Waals surface area contributed by atoms with Gasteiger partial charge in [0.15, 0.2) is 0 Å². The van der Waals surface area contributed by atoms with E-state index in [-0.39, 0.29) is 5.91 Å². The molecule has 0 atom stereocenters. The zero-order valence-electron chi connectivity index (χ0n) is 13.5. The molecule has 0 fully saturated rings. The molecule has 0 aliphatic carbocycles. The third kappa shape index (κ3) is 6.33. The number of benzene rings is 2. The lowest BCUT2D eigenvalue weighted by Crippen LogP contribution is -2.14. The highest BCUT2D eigenvalue weighted by Gasteiger charge is 2.05. The highest BCUT2D eigenvalue weighted by molar-refractivity contribution is 6.30. The molecule has 0 aromatic heterocycles. The van der Waals surface area contributed by atoms with Gasteiger partial charge in [0, 0.05) is 10.7 Å². The molecule has 2 aromatic carbocycles. The second-order valence-corrected chi connectivity index (χ2v) is 6.34. The van der Waals surface area contributed by atoms with E-state index in [1.54, 1.807) is 12.1 Å². The lowest BCUT2D eigenvalue weighted by Gasteiger charge is -2.09. The predicted octanol–water partition coefficient (Wildman–Crippen LogP) is 4.95. The number of hydrogen-bond acceptors (Lipinski definition) is 2. The van der Waals surface area contributed by atoms with E-state index in [1.807, 2.05) is 36.4 Å². The average Bonchev–Trinajstić information content (AvgIpc) is 2.51. The molecular formula is C19H22ClNO2. The summed E-state index contributed by atoms with van der Waals surface area (Å²) in [6.07, 6.45) is 1.35. The Morgan fingerprint density at radius 1 is 1.09 bits per heavy atom. The third-order valence-electron chi connectivity index (χ3n) is 3.38. The van der Waals surface area contributed by atoms with Crippen LogP contribution in [0.1, 0.15) is 25.8 Å². The molecule has 0 unspecified atom stereocenters.